The van der Waals surface area contributed by atoms with E-state index in [2.05, 4.69) is 49.3 Å². The van der Waals surface area contributed by atoms with Gasteiger partial charge in [0, 0.05) is 16.9 Å². The third kappa shape index (κ3) is 4.86. The molecule has 0 aliphatic heterocycles. The highest BCUT2D eigenvalue weighted by molar-refractivity contribution is 7.13. The number of hydrogen-bond acceptors (Lipinski definition) is 5. The Morgan fingerprint density at radius 3 is 2.58 bits per heavy atom. The Morgan fingerprint density at radius 2 is 1.87 bits per heavy atom. The van der Waals surface area contributed by atoms with Gasteiger partial charge in [-0.25, -0.2) is 0 Å². The van der Waals surface area contributed by atoms with E-state index in [-0.39, 0.29) is 12.3 Å². The van der Waals surface area contributed by atoms with Gasteiger partial charge in [-0.05, 0) is 59.9 Å². The minimum atomic E-state index is -0.882. The molecule has 0 radical (unpaired) electrons. The predicted octanol–water partition coefficient (Wildman–Crippen LogP) is 6.21. The van der Waals surface area contributed by atoms with Crippen molar-refractivity contribution in [2.75, 3.05) is 0 Å². The van der Waals surface area contributed by atoms with Crippen molar-refractivity contribution in [1.82, 2.24) is 5.16 Å². The van der Waals surface area contributed by atoms with Gasteiger partial charge in [0.1, 0.15) is 12.9 Å². The maximum Gasteiger partial charge on any atom is 0.304 e. The number of aliphatic carboxylic acids is 1. The molecule has 5 nitrogen and oxygen atoms in total. The van der Waals surface area contributed by atoms with Crippen LogP contribution in [0.5, 0.6) is 5.06 Å². The van der Waals surface area contributed by atoms with Crippen LogP contribution in [0.3, 0.4) is 0 Å². The summed E-state index contributed by atoms with van der Waals surface area (Å²) in [7, 11) is 0. The van der Waals surface area contributed by atoms with Crippen LogP contribution in [0.2, 0.25) is 0 Å². The molecule has 31 heavy (non-hydrogen) atoms. The van der Waals surface area contributed by atoms with Crippen molar-refractivity contribution < 1.29 is 19.2 Å². The average Bonchev–Trinajstić information content (AvgIpc) is 3.43. The number of thiophene rings is 1. The van der Waals surface area contributed by atoms with Gasteiger partial charge >= 0.3 is 5.97 Å². The van der Waals surface area contributed by atoms with Crippen LogP contribution in [0.4, 0.5) is 0 Å². The summed E-state index contributed by atoms with van der Waals surface area (Å²) in [5.74, 6) is -1.24. The molecule has 0 saturated heterocycles. The molecule has 4 rings (SSSR count). The summed E-state index contributed by atoms with van der Waals surface area (Å²) in [5, 5.41) is 13.9. The van der Waals surface area contributed by atoms with Crippen LogP contribution < -0.4 is 4.74 Å². The van der Waals surface area contributed by atoms with Crippen LogP contribution in [0.25, 0.3) is 11.1 Å². The largest absolute Gasteiger partial charge is 0.481 e. The molecule has 0 saturated carbocycles. The quantitative estimate of drug-likeness (QED) is 0.358. The minimum absolute atomic E-state index is 0.0513. The second kappa shape index (κ2) is 9.18. The zero-order valence-electron chi connectivity index (χ0n) is 17.4. The topological polar surface area (TPSA) is 72.6 Å². The molecular formula is C25H23NO4S. The highest BCUT2D eigenvalue weighted by Gasteiger charge is 2.22. The molecule has 0 aliphatic rings. The Hall–Kier alpha value is -3.38. The Labute approximate surface area is 184 Å². The fraction of sp³-hybridized carbons (Fsp3) is 0.200. The van der Waals surface area contributed by atoms with Gasteiger partial charge in [-0.15, -0.1) is 11.3 Å². The van der Waals surface area contributed by atoms with Gasteiger partial charge in [-0.3, -0.25) is 4.79 Å². The lowest BCUT2D eigenvalue weighted by Gasteiger charge is -2.12. The Balaban J connectivity index is 1.50. The SMILES string of the molecule is Cc1cccc(C)c1-c1cccc(COc2ccc([C@H](CC(=O)O)c3ccon3)s2)c1. The molecule has 0 bridgehead atoms. The van der Waals surface area contributed by atoms with Crippen LogP contribution in [0.15, 0.2) is 71.4 Å². The first-order valence-electron chi connectivity index (χ1n) is 10.0. The monoisotopic (exact) mass is 433 g/mol. The molecule has 6 heteroatoms. The molecule has 2 aromatic heterocycles. The lowest BCUT2D eigenvalue weighted by Crippen LogP contribution is -2.06. The average molecular weight is 434 g/mol. The number of carboxylic acid groups (broad SMARTS) is 1. The number of aryl methyl sites for hydroxylation is 2. The molecule has 1 atom stereocenters. The van der Waals surface area contributed by atoms with Gasteiger partial charge < -0.3 is 14.4 Å². The van der Waals surface area contributed by atoms with Crippen molar-refractivity contribution in [2.45, 2.75) is 32.8 Å². The van der Waals surface area contributed by atoms with E-state index in [4.69, 9.17) is 9.26 Å². The smallest absolute Gasteiger partial charge is 0.304 e. The molecule has 0 amide bonds. The van der Waals surface area contributed by atoms with Gasteiger partial charge in [-0.2, -0.15) is 0 Å². The van der Waals surface area contributed by atoms with E-state index < -0.39 is 5.97 Å². The standard InChI is InChI=1S/C25H23NO4S/c1-16-5-3-6-17(2)25(16)19-8-4-7-18(13-19)15-29-24-10-9-22(31-24)20(14-23(27)28)21-11-12-30-26-21/h3-13,20H,14-15H2,1-2H3,(H,27,28)/t20-/m1/s1. The van der Waals surface area contributed by atoms with Crippen molar-refractivity contribution in [3.05, 3.63) is 94.2 Å². The molecule has 0 unspecified atom stereocenters. The first-order chi connectivity index (χ1) is 15.0. The lowest BCUT2D eigenvalue weighted by molar-refractivity contribution is -0.137. The van der Waals surface area contributed by atoms with Crippen LogP contribution in [-0.4, -0.2) is 16.2 Å². The molecule has 4 aromatic rings. The summed E-state index contributed by atoms with van der Waals surface area (Å²) in [6, 6.07) is 20.2. The number of carboxylic acids is 1. The van der Waals surface area contributed by atoms with Gasteiger partial charge in [-0.1, -0.05) is 41.6 Å². The second-order valence-electron chi connectivity index (χ2n) is 7.49. The van der Waals surface area contributed by atoms with E-state index in [0.717, 1.165) is 15.5 Å². The van der Waals surface area contributed by atoms with Gasteiger partial charge in [0.25, 0.3) is 0 Å². The summed E-state index contributed by atoms with van der Waals surface area (Å²) < 4.78 is 10.9. The van der Waals surface area contributed by atoms with E-state index >= 15 is 0 Å². The maximum absolute atomic E-state index is 11.3. The third-order valence-electron chi connectivity index (χ3n) is 5.22. The molecule has 158 valence electrons. The summed E-state index contributed by atoms with van der Waals surface area (Å²) in [6.45, 7) is 4.69. The maximum atomic E-state index is 11.3. The van der Waals surface area contributed by atoms with Crippen molar-refractivity contribution >= 4 is 17.3 Å². The van der Waals surface area contributed by atoms with E-state index in [1.165, 1.54) is 39.9 Å². The molecule has 0 spiro atoms. The fourth-order valence-electron chi connectivity index (χ4n) is 3.77. The number of nitrogens with zero attached hydrogens (tertiary/aromatic N) is 1. The van der Waals surface area contributed by atoms with E-state index in [1.807, 2.05) is 24.3 Å². The zero-order valence-corrected chi connectivity index (χ0v) is 18.2. The summed E-state index contributed by atoms with van der Waals surface area (Å²) >= 11 is 1.44. The van der Waals surface area contributed by atoms with Gasteiger partial charge in [0.05, 0.1) is 12.1 Å². The first kappa shape index (κ1) is 20.9. The number of aromatic nitrogens is 1. The Bertz CT molecular complexity index is 1160. The third-order valence-corrected chi connectivity index (χ3v) is 6.33. The fourth-order valence-corrected chi connectivity index (χ4v) is 4.74. The van der Waals surface area contributed by atoms with Crippen molar-refractivity contribution in [3.63, 3.8) is 0 Å². The summed E-state index contributed by atoms with van der Waals surface area (Å²) in [5.41, 5.74) is 6.62. The second-order valence-corrected chi connectivity index (χ2v) is 8.57. The number of ether oxygens (including phenoxy) is 1. The zero-order chi connectivity index (χ0) is 21.8. The van der Waals surface area contributed by atoms with Crippen LogP contribution in [-0.2, 0) is 11.4 Å². The highest BCUT2D eigenvalue weighted by Crippen LogP contribution is 2.36. The van der Waals surface area contributed by atoms with Gasteiger partial charge in [0.15, 0.2) is 5.06 Å². The molecule has 1 N–H and O–H groups in total. The number of rotatable bonds is 8. The minimum Gasteiger partial charge on any atom is -0.481 e. The normalized spacial score (nSPS) is 11.9. The molecule has 0 fully saturated rings. The van der Waals surface area contributed by atoms with Gasteiger partial charge in [0.2, 0.25) is 0 Å². The van der Waals surface area contributed by atoms with Crippen LogP contribution >= 0.6 is 11.3 Å². The van der Waals surface area contributed by atoms with E-state index in [0.29, 0.717) is 12.3 Å². The van der Waals surface area contributed by atoms with Crippen molar-refractivity contribution in [1.29, 1.82) is 0 Å². The predicted molar refractivity (Wildman–Crippen MR) is 121 cm³/mol. The highest BCUT2D eigenvalue weighted by atomic mass is 32.1. The van der Waals surface area contributed by atoms with Crippen LogP contribution in [0, 0.1) is 13.8 Å². The van der Waals surface area contributed by atoms with E-state index in [9.17, 15) is 9.90 Å². The molecule has 0 aliphatic carbocycles. The van der Waals surface area contributed by atoms with E-state index in [1.54, 1.807) is 6.07 Å². The Kier molecular flexibility index (Phi) is 6.18. The molecule has 2 heterocycles. The number of hydrogen-bond donors (Lipinski definition) is 1. The lowest BCUT2D eigenvalue weighted by atomic mass is 9.95. The first-order valence-corrected chi connectivity index (χ1v) is 10.8. The molecule has 2 aromatic carbocycles. The van der Waals surface area contributed by atoms with Crippen molar-refractivity contribution in [3.8, 4) is 16.2 Å². The Morgan fingerprint density at radius 1 is 1.10 bits per heavy atom. The molecular weight excluding hydrogens is 410 g/mol. The number of carbonyl (C=O) groups is 1. The van der Waals surface area contributed by atoms with Crippen LogP contribution in [0.1, 0.15) is 39.6 Å². The summed E-state index contributed by atoms with van der Waals surface area (Å²) in [4.78, 5) is 12.2. The summed E-state index contributed by atoms with van der Waals surface area (Å²) in [6.07, 6.45) is 1.41. The number of benzene rings is 2. The van der Waals surface area contributed by atoms with Crippen molar-refractivity contribution in [2.24, 2.45) is 0 Å².